The highest BCUT2D eigenvalue weighted by Gasteiger charge is 2.35. The second-order valence-corrected chi connectivity index (χ2v) is 7.68. The van der Waals surface area contributed by atoms with E-state index in [-0.39, 0.29) is 16.2 Å². The Labute approximate surface area is 153 Å². The Morgan fingerprint density at radius 1 is 1.28 bits per heavy atom. The second kappa shape index (κ2) is 6.26. The Morgan fingerprint density at radius 2 is 1.92 bits per heavy atom. The Hall–Kier alpha value is -2.21. The van der Waals surface area contributed by atoms with Gasteiger partial charge in [-0.25, -0.2) is 0 Å². The molecule has 0 saturated carbocycles. The fourth-order valence-electron chi connectivity index (χ4n) is 3.97. The molecular weight excluding hydrogens is 334 g/mol. The summed E-state index contributed by atoms with van der Waals surface area (Å²) in [7, 11) is 0. The molecule has 0 unspecified atom stereocenters. The first kappa shape index (κ1) is 17.6. The Bertz CT molecular complexity index is 776. The lowest BCUT2D eigenvalue weighted by Gasteiger charge is -2.47. The van der Waals surface area contributed by atoms with E-state index in [9.17, 15) is 9.59 Å². The molecule has 2 amide bonds. The lowest BCUT2D eigenvalue weighted by molar-refractivity contribution is -0.123. The summed E-state index contributed by atoms with van der Waals surface area (Å²) in [4.78, 5) is 26.5. The maximum absolute atomic E-state index is 12.0. The molecule has 5 nitrogen and oxygen atoms in total. The lowest BCUT2D eigenvalue weighted by Crippen LogP contribution is -2.51. The molecule has 2 heterocycles. The maximum Gasteiger partial charge on any atom is 0.263 e. The number of amides is 2. The van der Waals surface area contributed by atoms with Crippen LogP contribution in [0.1, 0.15) is 51.2 Å². The number of hydrogen-bond donors (Lipinski definition) is 2. The van der Waals surface area contributed by atoms with Crippen molar-refractivity contribution in [2.75, 3.05) is 11.4 Å². The van der Waals surface area contributed by atoms with E-state index in [4.69, 9.17) is 12.2 Å². The number of anilines is 1. The van der Waals surface area contributed by atoms with Crippen LogP contribution in [0.3, 0.4) is 0 Å². The summed E-state index contributed by atoms with van der Waals surface area (Å²) in [6.45, 7) is 9.87. The number of rotatable bonds is 2. The Balaban J connectivity index is 2.01. The zero-order chi connectivity index (χ0) is 18.4. The number of benzene rings is 1. The van der Waals surface area contributed by atoms with Gasteiger partial charge in [0.2, 0.25) is 0 Å². The number of carbonyl (C=O) groups excluding carboxylic acids is 2. The quantitative estimate of drug-likeness (QED) is 0.485. The second-order valence-electron chi connectivity index (χ2n) is 7.28. The van der Waals surface area contributed by atoms with E-state index in [1.165, 1.54) is 11.3 Å². The fourth-order valence-corrected chi connectivity index (χ4v) is 4.16. The maximum atomic E-state index is 12.0. The normalized spacial score (nSPS) is 22.2. The van der Waals surface area contributed by atoms with Gasteiger partial charge in [0.05, 0.1) is 0 Å². The highest BCUT2D eigenvalue weighted by Crippen LogP contribution is 2.43. The summed E-state index contributed by atoms with van der Waals surface area (Å²) in [6.07, 6.45) is 2.68. The molecule has 0 aliphatic carbocycles. The van der Waals surface area contributed by atoms with Gasteiger partial charge in [0.15, 0.2) is 5.11 Å². The molecule has 2 aliphatic heterocycles. The standard InChI is InChI=1S/C19H23N3O2S/c1-5-22-15-7-6-12(8-13(15)11(2)10-19(22,3)4)9-14-16(23)20-18(25)21-17(14)24/h6-9,11H,5,10H2,1-4H3,(H2,20,21,23,24,25)/t11-/m0/s1. The summed E-state index contributed by atoms with van der Waals surface area (Å²) in [5.41, 5.74) is 3.51. The number of thiocarbonyl (C=S) groups is 1. The van der Waals surface area contributed by atoms with Crippen molar-refractivity contribution < 1.29 is 9.59 Å². The van der Waals surface area contributed by atoms with Gasteiger partial charge in [0, 0.05) is 17.8 Å². The molecule has 25 heavy (non-hydrogen) atoms. The van der Waals surface area contributed by atoms with Crippen LogP contribution in [0.25, 0.3) is 6.08 Å². The minimum atomic E-state index is -0.462. The van der Waals surface area contributed by atoms with Crippen molar-refractivity contribution in [2.45, 2.75) is 45.6 Å². The third-order valence-corrected chi connectivity index (χ3v) is 5.18. The van der Waals surface area contributed by atoms with Gasteiger partial charge in [0.1, 0.15) is 5.57 Å². The highest BCUT2D eigenvalue weighted by molar-refractivity contribution is 7.80. The van der Waals surface area contributed by atoms with Crippen LogP contribution in [0.5, 0.6) is 0 Å². The van der Waals surface area contributed by atoms with Gasteiger partial charge in [-0.1, -0.05) is 13.0 Å². The molecule has 1 atom stereocenters. The third kappa shape index (κ3) is 3.18. The van der Waals surface area contributed by atoms with Gasteiger partial charge in [-0.3, -0.25) is 20.2 Å². The van der Waals surface area contributed by atoms with E-state index >= 15 is 0 Å². The highest BCUT2D eigenvalue weighted by atomic mass is 32.1. The topological polar surface area (TPSA) is 61.4 Å². The third-order valence-electron chi connectivity index (χ3n) is 4.98. The first-order valence-electron chi connectivity index (χ1n) is 8.53. The van der Waals surface area contributed by atoms with E-state index in [1.54, 1.807) is 6.08 Å². The first-order chi connectivity index (χ1) is 11.7. The zero-order valence-corrected chi connectivity index (χ0v) is 15.8. The first-order valence-corrected chi connectivity index (χ1v) is 8.93. The van der Waals surface area contributed by atoms with Crippen LogP contribution >= 0.6 is 12.2 Å². The van der Waals surface area contributed by atoms with E-state index in [0.29, 0.717) is 5.92 Å². The van der Waals surface area contributed by atoms with Gasteiger partial charge in [-0.05, 0) is 74.7 Å². The molecule has 132 valence electrons. The van der Waals surface area contributed by atoms with Crippen molar-refractivity contribution in [2.24, 2.45) is 0 Å². The average molecular weight is 357 g/mol. The summed E-state index contributed by atoms with van der Waals surface area (Å²) in [6, 6.07) is 6.13. The molecule has 1 saturated heterocycles. The number of hydrogen-bond acceptors (Lipinski definition) is 4. The van der Waals surface area contributed by atoms with Crippen LogP contribution in [0.15, 0.2) is 23.8 Å². The summed E-state index contributed by atoms with van der Waals surface area (Å²) in [5.74, 6) is -0.514. The Kier molecular flexibility index (Phi) is 4.41. The van der Waals surface area contributed by atoms with Crippen molar-refractivity contribution in [3.05, 3.63) is 34.9 Å². The molecule has 2 N–H and O–H groups in total. The summed E-state index contributed by atoms with van der Waals surface area (Å²) >= 11 is 4.82. The number of nitrogens with one attached hydrogen (secondary N) is 2. The van der Waals surface area contributed by atoms with Crippen LogP contribution in [-0.2, 0) is 9.59 Å². The summed E-state index contributed by atoms with van der Waals surface area (Å²) in [5, 5.41) is 4.97. The molecule has 2 aliphatic rings. The zero-order valence-electron chi connectivity index (χ0n) is 15.0. The SMILES string of the molecule is CCN1c2ccc(C=C3C(=O)NC(=S)NC3=O)cc2[C@@H](C)CC1(C)C. The predicted molar refractivity (Wildman–Crippen MR) is 103 cm³/mol. The molecule has 0 aromatic heterocycles. The molecule has 0 radical (unpaired) electrons. The molecule has 1 fully saturated rings. The van der Waals surface area contributed by atoms with Crippen molar-refractivity contribution in [1.29, 1.82) is 0 Å². The van der Waals surface area contributed by atoms with Gasteiger partial charge in [0.25, 0.3) is 11.8 Å². The largest absolute Gasteiger partial charge is 0.366 e. The predicted octanol–water partition coefficient (Wildman–Crippen LogP) is 2.71. The van der Waals surface area contributed by atoms with Gasteiger partial charge >= 0.3 is 0 Å². The smallest absolute Gasteiger partial charge is 0.263 e. The fraction of sp³-hybridized carbons (Fsp3) is 0.421. The number of carbonyl (C=O) groups is 2. The average Bonchev–Trinajstić information content (AvgIpc) is 2.50. The van der Waals surface area contributed by atoms with Crippen molar-refractivity contribution in [1.82, 2.24) is 10.6 Å². The van der Waals surface area contributed by atoms with Crippen LogP contribution in [0, 0.1) is 0 Å². The Morgan fingerprint density at radius 3 is 2.52 bits per heavy atom. The van der Waals surface area contributed by atoms with Crippen LogP contribution in [-0.4, -0.2) is 29.0 Å². The number of fused-ring (bicyclic) bond motifs is 1. The molecule has 1 aromatic carbocycles. The van der Waals surface area contributed by atoms with E-state index < -0.39 is 11.8 Å². The molecule has 3 rings (SSSR count). The lowest BCUT2D eigenvalue weighted by atomic mass is 9.79. The molecular formula is C19H23N3O2S. The van der Waals surface area contributed by atoms with Crippen LogP contribution < -0.4 is 15.5 Å². The van der Waals surface area contributed by atoms with Gasteiger partial charge < -0.3 is 4.90 Å². The van der Waals surface area contributed by atoms with Crippen molar-refractivity contribution >= 4 is 40.9 Å². The number of nitrogens with zero attached hydrogens (tertiary/aromatic N) is 1. The van der Waals surface area contributed by atoms with Gasteiger partial charge in [-0.15, -0.1) is 0 Å². The van der Waals surface area contributed by atoms with Crippen molar-refractivity contribution in [3.63, 3.8) is 0 Å². The monoisotopic (exact) mass is 357 g/mol. The molecule has 0 spiro atoms. The van der Waals surface area contributed by atoms with Gasteiger partial charge in [-0.2, -0.15) is 0 Å². The van der Waals surface area contributed by atoms with Crippen LogP contribution in [0.4, 0.5) is 5.69 Å². The molecule has 6 heteroatoms. The molecule has 1 aromatic rings. The minimum absolute atomic E-state index is 0.0482. The van der Waals surface area contributed by atoms with E-state index in [0.717, 1.165) is 18.5 Å². The van der Waals surface area contributed by atoms with Crippen LogP contribution in [0.2, 0.25) is 0 Å². The minimum Gasteiger partial charge on any atom is -0.366 e. The summed E-state index contributed by atoms with van der Waals surface area (Å²) < 4.78 is 0. The van der Waals surface area contributed by atoms with Crippen molar-refractivity contribution in [3.8, 4) is 0 Å². The van der Waals surface area contributed by atoms with E-state index in [2.05, 4.69) is 55.4 Å². The molecule has 0 bridgehead atoms. The van der Waals surface area contributed by atoms with E-state index in [1.807, 2.05) is 6.07 Å².